The molecule has 0 unspecified atom stereocenters. The van der Waals surface area contributed by atoms with E-state index in [1.54, 1.807) is 30.3 Å². The van der Waals surface area contributed by atoms with Crippen molar-refractivity contribution in [3.8, 4) is 5.75 Å². The molecule has 0 spiro atoms. The largest absolute Gasteiger partial charge is 0.485 e. The van der Waals surface area contributed by atoms with Crippen molar-refractivity contribution in [2.24, 2.45) is 23.7 Å². The lowest BCUT2D eigenvalue weighted by Gasteiger charge is -2.19. The zero-order chi connectivity index (χ0) is 21.0. The maximum Gasteiger partial charge on any atom is 0.237 e. The summed E-state index contributed by atoms with van der Waals surface area (Å²) in [6.45, 7) is 3.89. The lowest BCUT2D eigenvalue weighted by molar-refractivity contribution is -0.123. The Morgan fingerprint density at radius 1 is 0.967 bits per heavy atom. The molecule has 5 heteroatoms. The van der Waals surface area contributed by atoms with E-state index in [4.69, 9.17) is 4.74 Å². The van der Waals surface area contributed by atoms with Crippen molar-refractivity contribution < 1.29 is 19.1 Å². The van der Waals surface area contributed by atoms with Crippen LogP contribution in [0.25, 0.3) is 0 Å². The number of ether oxygens (including phenoxy) is 1. The third kappa shape index (κ3) is 2.95. The molecule has 2 amide bonds. The van der Waals surface area contributed by atoms with E-state index in [2.05, 4.69) is 0 Å². The summed E-state index contributed by atoms with van der Waals surface area (Å²) in [6.07, 6.45) is 3.13. The van der Waals surface area contributed by atoms with Gasteiger partial charge in [-0.15, -0.1) is 0 Å². The van der Waals surface area contributed by atoms with Gasteiger partial charge in [0, 0.05) is 11.6 Å². The van der Waals surface area contributed by atoms with Gasteiger partial charge in [0.2, 0.25) is 11.8 Å². The number of hydrogen-bond acceptors (Lipinski definition) is 4. The molecule has 3 fully saturated rings. The second-order valence-corrected chi connectivity index (χ2v) is 8.90. The van der Waals surface area contributed by atoms with Crippen molar-refractivity contribution in [3.05, 3.63) is 59.2 Å². The Labute approximate surface area is 176 Å². The fraction of sp³-hybridized carbons (Fsp3) is 0.400. The van der Waals surface area contributed by atoms with E-state index in [0.717, 1.165) is 30.4 Å². The van der Waals surface area contributed by atoms with E-state index in [1.807, 2.05) is 26.0 Å². The first kappa shape index (κ1) is 19.0. The number of aryl methyl sites for hydroxylation is 2. The van der Waals surface area contributed by atoms with Gasteiger partial charge in [0.15, 0.2) is 12.4 Å². The normalized spacial score (nSPS) is 26.9. The Kier molecular flexibility index (Phi) is 4.49. The highest BCUT2D eigenvalue weighted by Gasteiger charge is 2.61. The van der Waals surface area contributed by atoms with Crippen molar-refractivity contribution in [2.45, 2.75) is 33.1 Å². The number of imide groups is 1. The zero-order valence-corrected chi connectivity index (χ0v) is 17.3. The van der Waals surface area contributed by atoms with Crippen LogP contribution >= 0.6 is 0 Å². The van der Waals surface area contributed by atoms with Crippen LogP contribution in [0.3, 0.4) is 0 Å². The third-order valence-electron chi connectivity index (χ3n) is 7.20. The molecule has 154 valence electrons. The Hall–Kier alpha value is -2.95. The number of anilines is 1. The van der Waals surface area contributed by atoms with Gasteiger partial charge >= 0.3 is 0 Å². The molecule has 2 saturated carbocycles. The molecule has 2 aliphatic carbocycles. The quantitative estimate of drug-likeness (QED) is 0.557. The number of Topliss-reactive ketones (excluding diaryl/α,β-unsaturated/α-hetero) is 1. The SMILES string of the molecule is Cc1ccc(C(=O)COc2cccc(N3C(=O)[C@@H]4[C@H]5CC[C@@H](C5)[C@@H]4C3=O)c2)cc1C. The molecule has 1 heterocycles. The van der Waals surface area contributed by atoms with Gasteiger partial charge in [-0.3, -0.25) is 14.4 Å². The van der Waals surface area contributed by atoms with Crippen molar-refractivity contribution in [2.75, 3.05) is 11.5 Å². The second kappa shape index (κ2) is 7.08. The summed E-state index contributed by atoms with van der Waals surface area (Å²) in [5.74, 6) is 0.654. The Balaban J connectivity index is 1.31. The van der Waals surface area contributed by atoms with Crippen LogP contribution < -0.4 is 9.64 Å². The maximum absolute atomic E-state index is 13.0. The van der Waals surface area contributed by atoms with Gasteiger partial charge in [0.25, 0.3) is 0 Å². The molecule has 0 N–H and O–H groups in total. The first-order valence-corrected chi connectivity index (χ1v) is 10.6. The van der Waals surface area contributed by atoms with Gasteiger partial charge in [-0.1, -0.05) is 18.2 Å². The van der Waals surface area contributed by atoms with Gasteiger partial charge in [0.05, 0.1) is 17.5 Å². The van der Waals surface area contributed by atoms with Crippen LogP contribution in [-0.4, -0.2) is 24.2 Å². The summed E-state index contributed by atoms with van der Waals surface area (Å²) < 4.78 is 5.71. The fourth-order valence-corrected chi connectivity index (χ4v) is 5.52. The molecule has 0 aromatic heterocycles. The minimum atomic E-state index is -0.146. The molecule has 2 aromatic carbocycles. The van der Waals surface area contributed by atoms with Crippen molar-refractivity contribution >= 4 is 23.3 Å². The third-order valence-corrected chi connectivity index (χ3v) is 7.20. The Bertz CT molecular complexity index is 1030. The van der Waals surface area contributed by atoms with Crippen LogP contribution in [0.2, 0.25) is 0 Å². The first-order chi connectivity index (χ1) is 14.4. The zero-order valence-electron chi connectivity index (χ0n) is 17.3. The van der Waals surface area contributed by atoms with E-state index in [-0.39, 0.29) is 36.0 Å². The molecular weight excluding hydrogens is 378 g/mol. The summed E-state index contributed by atoms with van der Waals surface area (Å²) in [7, 11) is 0. The minimum absolute atomic E-state index is 0.0689. The fourth-order valence-electron chi connectivity index (χ4n) is 5.52. The molecule has 30 heavy (non-hydrogen) atoms. The molecule has 1 saturated heterocycles. The molecule has 2 bridgehead atoms. The summed E-state index contributed by atoms with van der Waals surface area (Å²) >= 11 is 0. The van der Waals surface area contributed by atoms with Crippen LogP contribution in [0.15, 0.2) is 42.5 Å². The van der Waals surface area contributed by atoms with E-state index < -0.39 is 0 Å². The molecule has 5 rings (SSSR count). The van der Waals surface area contributed by atoms with Crippen molar-refractivity contribution in [1.82, 2.24) is 0 Å². The van der Waals surface area contributed by atoms with Gasteiger partial charge in [-0.05, 0) is 74.3 Å². The highest BCUT2D eigenvalue weighted by molar-refractivity contribution is 6.22. The molecule has 4 atom stereocenters. The minimum Gasteiger partial charge on any atom is -0.485 e. The molecule has 2 aromatic rings. The maximum atomic E-state index is 13.0. The van der Waals surface area contributed by atoms with Crippen LogP contribution in [-0.2, 0) is 9.59 Å². The van der Waals surface area contributed by atoms with Gasteiger partial charge in [-0.25, -0.2) is 4.90 Å². The molecule has 3 aliphatic rings. The Morgan fingerprint density at radius 3 is 2.33 bits per heavy atom. The Morgan fingerprint density at radius 2 is 1.67 bits per heavy atom. The first-order valence-electron chi connectivity index (χ1n) is 10.6. The van der Waals surface area contributed by atoms with Gasteiger partial charge in [-0.2, -0.15) is 0 Å². The number of nitrogens with zero attached hydrogens (tertiary/aromatic N) is 1. The van der Waals surface area contributed by atoms with Crippen LogP contribution in [0.5, 0.6) is 5.75 Å². The summed E-state index contributed by atoms with van der Waals surface area (Å²) in [5, 5.41) is 0. The average Bonchev–Trinajstić information content (AvgIpc) is 3.42. The molecule has 5 nitrogen and oxygen atoms in total. The monoisotopic (exact) mass is 403 g/mol. The van der Waals surface area contributed by atoms with E-state index in [9.17, 15) is 14.4 Å². The second-order valence-electron chi connectivity index (χ2n) is 8.90. The summed E-state index contributed by atoms with van der Waals surface area (Å²) in [5.41, 5.74) is 3.35. The van der Waals surface area contributed by atoms with E-state index in [0.29, 0.717) is 28.8 Å². The number of fused-ring (bicyclic) bond motifs is 5. The lowest BCUT2D eigenvalue weighted by Crippen LogP contribution is -2.32. The predicted octanol–water partition coefficient (Wildman–Crippen LogP) is 4.10. The van der Waals surface area contributed by atoms with Crippen LogP contribution in [0.4, 0.5) is 5.69 Å². The number of carbonyl (C=O) groups excluding carboxylic acids is 3. The van der Waals surface area contributed by atoms with Gasteiger partial charge in [0.1, 0.15) is 5.75 Å². The molecular formula is C25H25NO4. The number of rotatable bonds is 5. The lowest BCUT2D eigenvalue weighted by atomic mass is 9.81. The number of ketones is 1. The van der Waals surface area contributed by atoms with Crippen molar-refractivity contribution in [1.29, 1.82) is 0 Å². The number of hydrogen-bond donors (Lipinski definition) is 0. The summed E-state index contributed by atoms with van der Waals surface area (Å²) in [6, 6.07) is 12.5. The highest BCUT2D eigenvalue weighted by atomic mass is 16.5. The smallest absolute Gasteiger partial charge is 0.237 e. The van der Waals surface area contributed by atoms with Crippen molar-refractivity contribution in [3.63, 3.8) is 0 Å². The number of carbonyl (C=O) groups is 3. The van der Waals surface area contributed by atoms with E-state index >= 15 is 0 Å². The van der Waals surface area contributed by atoms with Crippen LogP contribution in [0.1, 0.15) is 40.7 Å². The van der Waals surface area contributed by atoms with Crippen LogP contribution in [0, 0.1) is 37.5 Å². The number of benzene rings is 2. The highest BCUT2D eigenvalue weighted by Crippen LogP contribution is 2.56. The predicted molar refractivity (Wildman–Crippen MR) is 112 cm³/mol. The summed E-state index contributed by atoms with van der Waals surface area (Å²) in [4.78, 5) is 39.9. The molecule has 0 radical (unpaired) electrons. The topological polar surface area (TPSA) is 63.7 Å². The molecule has 1 aliphatic heterocycles. The van der Waals surface area contributed by atoms with Gasteiger partial charge < -0.3 is 4.74 Å². The van der Waals surface area contributed by atoms with E-state index in [1.165, 1.54) is 4.90 Å². The standard InChI is InChI=1S/C25H25NO4/c1-14-6-7-16(10-15(14)2)21(27)13-30-20-5-3-4-19(12-20)26-24(28)22-17-8-9-18(11-17)23(22)25(26)29/h3-7,10,12,17-18,22-23H,8-9,11,13H2,1-2H3/t17-,18-,22-,23+/m0/s1. The average molecular weight is 403 g/mol. The number of amides is 2.